The van der Waals surface area contributed by atoms with Crippen molar-refractivity contribution < 1.29 is 9.59 Å². The van der Waals surface area contributed by atoms with Crippen LogP contribution in [0.4, 0.5) is 5.69 Å². The summed E-state index contributed by atoms with van der Waals surface area (Å²) in [6, 6.07) is 7.66. The topological polar surface area (TPSA) is 55.9 Å². The number of benzene rings is 1. The minimum atomic E-state index is -0.0586. The van der Waals surface area contributed by atoms with Gasteiger partial charge in [-0.3, -0.25) is 19.4 Å². The minimum Gasteiger partial charge on any atom is -0.339 e. The lowest BCUT2D eigenvalue weighted by Crippen LogP contribution is -2.53. The SMILES string of the molecule is CC[C@H]1CCCCN1C(=O)CN1CCN(CC(=O)Nc2ccccc2Cl)CC1. The van der Waals surface area contributed by atoms with Crippen LogP contribution in [0.1, 0.15) is 32.6 Å². The van der Waals surface area contributed by atoms with Gasteiger partial charge >= 0.3 is 0 Å². The molecular weight excluding hydrogens is 376 g/mol. The lowest BCUT2D eigenvalue weighted by Gasteiger charge is -2.38. The van der Waals surface area contributed by atoms with Crippen molar-refractivity contribution in [2.45, 2.75) is 38.6 Å². The number of anilines is 1. The Morgan fingerprint density at radius 2 is 1.71 bits per heavy atom. The summed E-state index contributed by atoms with van der Waals surface area (Å²) in [4.78, 5) is 31.4. The fourth-order valence-corrected chi connectivity index (χ4v) is 4.28. The van der Waals surface area contributed by atoms with Crippen molar-refractivity contribution in [2.75, 3.05) is 51.1 Å². The molecule has 2 aliphatic rings. The van der Waals surface area contributed by atoms with Crippen molar-refractivity contribution in [1.29, 1.82) is 0 Å². The molecular formula is C21H31ClN4O2. The second-order valence-electron chi connectivity index (χ2n) is 7.73. The number of rotatable bonds is 6. The molecule has 1 N–H and O–H groups in total. The second kappa shape index (κ2) is 10.2. The first-order valence-corrected chi connectivity index (χ1v) is 10.7. The van der Waals surface area contributed by atoms with Gasteiger partial charge in [0.1, 0.15) is 0 Å². The summed E-state index contributed by atoms with van der Waals surface area (Å²) in [5.74, 6) is 0.202. The number of nitrogens with zero attached hydrogens (tertiary/aromatic N) is 3. The van der Waals surface area contributed by atoms with E-state index >= 15 is 0 Å². The number of hydrogen-bond donors (Lipinski definition) is 1. The van der Waals surface area contributed by atoms with Crippen molar-refractivity contribution in [3.05, 3.63) is 29.3 Å². The van der Waals surface area contributed by atoms with E-state index in [0.29, 0.717) is 29.8 Å². The maximum absolute atomic E-state index is 12.7. The monoisotopic (exact) mass is 406 g/mol. The van der Waals surface area contributed by atoms with Gasteiger partial charge in [-0.1, -0.05) is 30.7 Å². The summed E-state index contributed by atoms with van der Waals surface area (Å²) < 4.78 is 0. The molecule has 6 nitrogen and oxygen atoms in total. The molecule has 1 atom stereocenters. The first kappa shape index (κ1) is 21.1. The number of likely N-dealkylation sites (tertiary alicyclic amines) is 1. The zero-order valence-corrected chi connectivity index (χ0v) is 17.5. The van der Waals surface area contributed by atoms with Crippen molar-refractivity contribution in [3.63, 3.8) is 0 Å². The molecule has 2 saturated heterocycles. The number of halogens is 1. The van der Waals surface area contributed by atoms with Crippen LogP contribution in [0.3, 0.4) is 0 Å². The zero-order valence-electron chi connectivity index (χ0n) is 16.7. The van der Waals surface area contributed by atoms with E-state index in [4.69, 9.17) is 11.6 Å². The van der Waals surface area contributed by atoms with E-state index in [1.807, 2.05) is 12.1 Å². The summed E-state index contributed by atoms with van der Waals surface area (Å²) in [6.07, 6.45) is 4.53. The van der Waals surface area contributed by atoms with Gasteiger partial charge in [-0.2, -0.15) is 0 Å². The Morgan fingerprint density at radius 3 is 2.39 bits per heavy atom. The van der Waals surface area contributed by atoms with Crippen LogP contribution in [0.5, 0.6) is 0 Å². The van der Waals surface area contributed by atoms with E-state index in [-0.39, 0.29) is 11.8 Å². The predicted octanol–water partition coefficient (Wildman–Crippen LogP) is 2.69. The van der Waals surface area contributed by atoms with Crippen LogP contribution in [-0.4, -0.2) is 78.4 Å². The predicted molar refractivity (Wildman–Crippen MR) is 113 cm³/mol. The molecule has 0 bridgehead atoms. The Bertz CT molecular complexity index is 676. The van der Waals surface area contributed by atoms with E-state index in [1.165, 1.54) is 6.42 Å². The van der Waals surface area contributed by atoms with Crippen molar-refractivity contribution in [2.24, 2.45) is 0 Å². The molecule has 0 spiro atoms. The standard InChI is InChI=1S/C21H31ClN4O2/c1-2-17-7-5-6-10-26(17)21(28)16-25-13-11-24(12-14-25)15-20(27)23-19-9-4-3-8-18(19)22/h3-4,8-9,17H,2,5-7,10-16H2,1H3,(H,23,27)/t17-/m0/s1. The van der Waals surface area contributed by atoms with Gasteiger partial charge in [0.15, 0.2) is 0 Å². The molecule has 154 valence electrons. The number of carbonyl (C=O) groups is 2. The van der Waals surface area contributed by atoms with E-state index in [9.17, 15) is 9.59 Å². The number of para-hydroxylation sites is 1. The fraction of sp³-hybridized carbons (Fsp3) is 0.619. The third kappa shape index (κ3) is 5.69. The molecule has 2 aliphatic heterocycles. The maximum Gasteiger partial charge on any atom is 0.238 e. The van der Waals surface area contributed by atoms with Crippen molar-refractivity contribution in [3.8, 4) is 0 Å². The Kier molecular flexibility index (Phi) is 7.71. The summed E-state index contributed by atoms with van der Waals surface area (Å²) >= 11 is 6.09. The molecule has 0 radical (unpaired) electrons. The van der Waals surface area contributed by atoms with Gasteiger partial charge in [0, 0.05) is 38.8 Å². The van der Waals surface area contributed by atoms with Gasteiger partial charge in [-0.05, 0) is 37.8 Å². The lowest BCUT2D eigenvalue weighted by atomic mass is 10.00. The normalized spacial score (nSPS) is 21.5. The summed E-state index contributed by atoms with van der Waals surface area (Å²) in [7, 11) is 0. The average molecular weight is 407 g/mol. The molecule has 0 saturated carbocycles. The van der Waals surface area contributed by atoms with Gasteiger partial charge in [-0.25, -0.2) is 0 Å². The van der Waals surface area contributed by atoms with E-state index < -0.39 is 0 Å². The molecule has 3 rings (SSSR count). The molecule has 2 heterocycles. The quantitative estimate of drug-likeness (QED) is 0.789. The Hall–Kier alpha value is -1.63. The van der Waals surface area contributed by atoms with Crippen LogP contribution in [0.2, 0.25) is 5.02 Å². The number of hydrogen-bond acceptors (Lipinski definition) is 4. The smallest absolute Gasteiger partial charge is 0.238 e. The van der Waals surface area contributed by atoms with Crippen LogP contribution in [0.25, 0.3) is 0 Å². The molecule has 0 aliphatic carbocycles. The van der Waals surface area contributed by atoms with Crippen molar-refractivity contribution in [1.82, 2.24) is 14.7 Å². The lowest BCUT2D eigenvalue weighted by molar-refractivity contribution is -0.136. The number of carbonyl (C=O) groups excluding carboxylic acids is 2. The van der Waals surface area contributed by atoms with Crippen LogP contribution in [0.15, 0.2) is 24.3 Å². The molecule has 2 fully saturated rings. The van der Waals surface area contributed by atoms with E-state index in [0.717, 1.165) is 52.0 Å². The van der Waals surface area contributed by atoms with E-state index in [1.54, 1.807) is 12.1 Å². The van der Waals surface area contributed by atoms with Gasteiger partial charge in [0.2, 0.25) is 11.8 Å². The fourth-order valence-electron chi connectivity index (χ4n) is 4.10. The molecule has 0 unspecified atom stereocenters. The third-order valence-corrected chi connectivity index (χ3v) is 6.09. The zero-order chi connectivity index (χ0) is 19.9. The largest absolute Gasteiger partial charge is 0.339 e. The Labute approximate surface area is 172 Å². The average Bonchev–Trinajstić information content (AvgIpc) is 2.71. The molecule has 2 amide bonds. The van der Waals surface area contributed by atoms with E-state index in [2.05, 4.69) is 26.9 Å². The molecule has 1 aromatic rings. The van der Waals surface area contributed by atoms with Crippen LogP contribution in [-0.2, 0) is 9.59 Å². The minimum absolute atomic E-state index is 0.0586. The number of piperidine rings is 1. The Morgan fingerprint density at radius 1 is 1.04 bits per heavy atom. The highest BCUT2D eigenvalue weighted by Gasteiger charge is 2.28. The highest BCUT2D eigenvalue weighted by molar-refractivity contribution is 6.33. The third-order valence-electron chi connectivity index (χ3n) is 5.76. The first-order chi connectivity index (χ1) is 13.6. The van der Waals surface area contributed by atoms with Gasteiger partial charge in [-0.15, -0.1) is 0 Å². The van der Waals surface area contributed by atoms with Crippen molar-refractivity contribution >= 4 is 29.1 Å². The molecule has 28 heavy (non-hydrogen) atoms. The molecule has 1 aromatic carbocycles. The van der Waals surface area contributed by atoms with Crippen LogP contribution in [0, 0.1) is 0 Å². The summed E-state index contributed by atoms with van der Waals surface area (Å²) in [5, 5.41) is 3.41. The summed E-state index contributed by atoms with van der Waals surface area (Å²) in [6.45, 7) is 7.13. The number of piperazine rings is 1. The van der Waals surface area contributed by atoms with Crippen LogP contribution >= 0.6 is 11.6 Å². The van der Waals surface area contributed by atoms with Gasteiger partial charge in [0.05, 0.1) is 23.8 Å². The highest BCUT2D eigenvalue weighted by Crippen LogP contribution is 2.21. The van der Waals surface area contributed by atoms with Crippen LogP contribution < -0.4 is 5.32 Å². The second-order valence-corrected chi connectivity index (χ2v) is 8.13. The Balaban J connectivity index is 1.41. The number of amides is 2. The molecule has 7 heteroatoms. The highest BCUT2D eigenvalue weighted by atomic mass is 35.5. The first-order valence-electron chi connectivity index (χ1n) is 10.4. The number of nitrogens with one attached hydrogen (secondary N) is 1. The summed E-state index contributed by atoms with van der Waals surface area (Å²) in [5.41, 5.74) is 0.644. The van der Waals surface area contributed by atoms with Gasteiger partial charge in [0.25, 0.3) is 0 Å². The molecule has 0 aromatic heterocycles. The van der Waals surface area contributed by atoms with Gasteiger partial charge < -0.3 is 10.2 Å². The maximum atomic E-state index is 12.7.